The topological polar surface area (TPSA) is 61.0 Å². The normalized spacial score (nSPS) is 15.6. The van der Waals surface area contributed by atoms with Gasteiger partial charge in [0, 0.05) is 36.3 Å². The standard InChI is InChI=1S/C19H20N4O/c24-19(22-17-7-3-5-14-4-1-2-6-16(14)17)23-10-8-15(9-11-23)18-12-20-13-21-18/h1-7,12-13,15H,8-11H2,(H,20,21)(H,22,24). The molecule has 5 nitrogen and oxygen atoms in total. The summed E-state index contributed by atoms with van der Waals surface area (Å²) in [5.74, 6) is 0.467. The van der Waals surface area contributed by atoms with Gasteiger partial charge in [-0.3, -0.25) is 0 Å². The van der Waals surface area contributed by atoms with Gasteiger partial charge >= 0.3 is 6.03 Å². The summed E-state index contributed by atoms with van der Waals surface area (Å²) in [5.41, 5.74) is 2.04. The zero-order valence-electron chi connectivity index (χ0n) is 13.4. The molecule has 2 N–H and O–H groups in total. The lowest BCUT2D eigenvalue weighted by molar-refractivity contribution is 0.194. The van der Waals surface area contributed by atoms with Crippen molar-refractivity contribution in [2.45, 2.75) is 18.8 Å². The first-order valence-corrected chi connectivity index (χ1v) is 8.33. The molecule has 1 aromatic heterocycles. The Morgan fingerprint density at radius 3 is 2.71 bits per heavy atom. The first-order valence-electron chi connectivity index (χ1n) is 8.33. The van der Waals surface area contributed by atoms with Gasteiger partial charge in [-0.25, -0.2) is 9.78 Å². The van der Waals surface area contributed by atoms with Crippen molar-refractivity contribution in [1.82, 2.24) is 14.9 Å². The molecule has 0 unspecified atom stereocenters. The molecule has 4 rings (SSSR count). The average molecular weight is 320 g/mol. The lowest BCUT2D eigenvalue weighted by atomic mass is 9.94. The zero-order valence-corrected chi connectivity index (χ0v) is 13.4. The van der Waals surface area contributed by atoms with Crippen molar-refractivity contribution in [3.05, 3.63) is 60.7 Å². The molecule has 2 aromatic carbocycles. The van der Waals surface area contributed by atoms with Crippen molar-refractivity contribution in [3.8, 4) is 0 Å². The van der Waals surface area contributed by atoms with E-state index in [1.807, 2.05) is 41.4 Å². The molecule has 0 atom stereocenters. The summed E-state index contributed by atoms with van der Waals surface area (Å²) in [5, 5.41) is 5.27. The van der Waals surface area contributed by atoms with Crippen molar-refractivity contribution in [1.29, 1.82) is 0 Å². The van der Waals surface area contributed by atoms with Gasteiger partial charge < -0.3 is 15.2 Å². The Labute approximate surface area is 140 Å². The third-order valence-electron chi connectivity index (χ3n) is 4.77. The number of fused-ring (bicyclic) bond motifs is 1. The highest BCUT2D eigenvalue weighted by atomic mass is 16.2. The number of nitrogens with one attached hydrogen (secondary N) is 2. The van der Waals surface area contributed by atoms with Gasteiger partial charge in [0.15, 0.2) is 0 Å². The summed E-state index contributed by atoms with van der Waals surface area (Å²) in [6.07, 6.45) is 5.53. The van der Waals surface area contributed by atoms with E-state index in [4.69, 9.17) is 0 Å². The molecule has 122 valence electrons. The predicted molar refractivity (Wildman–Crippen MR) is 95.1 cm³/mol. The number of hydrogen-bond donors (Lipinski definition) is 2. The van der Waals surface area contributed by atoms with E-state index >= 15 is 0 Å². The number of anilines is 1. The third kappa shape index (κ3) is 2.85. The van der Waals surface area contributed by atoms with Gasteiger partial charge in [0.2, 0.25) is 0 Å². The molecule has 1 fully saturated rings. The lowest BCUT2D eigenvalue weighted by Gasteiger charge is -2.31. The van der Waals surface area contributed by atoms with Gasteiger partial charge in [0.25, 0.3) is 0 Å². The van der Waals surface area contributed by atoms with E-state index < -0.39 is 0 Å². The summed E-state index contributed by atoms with van der Waals surface area (Å²) < 4.78 is 0. The number of nitrogens with zero attached hydrogens (tertiary/aromatic N) is 2. The summed E-state index contributed by atoms with van der Waals surface area (Å²) in [4.78, 5) is 21.8. The van der Waals surface area contributed by atoms with Crippen molar-refractivity contribution in [3.63, 3.8) is 0 Å². The maximum absolute atomic E-state index is 12.6. The van der Waals surface area contributed by atoms with Gasteiger partial charge in [0.05, 0.1) is 12.0 Å². The summed E-state index contributed by atoms with van der Waals surface area (Å²) in [6.45, 7) is 1.53. The summed E-state index contributed by atoms with van der Waals surface area (Å²) in [6, 6.07) is 14.1. The molecular weight excluding hydrogens is 300 g/mol. The van der Waals surface area contributed by atoms with E-state index in [1.165, 1.54) is 5.69 Å². The highest BCUT2D eigenvalue weighted by Gasteiger charge is 2.24. The quantitative estimate of drug-likeness (QED) is 0.750. The molecule has 0 bridgehead atoms. The minimum absolute atomic E-state index is 0.0191. The Balaban J connectivity index is 1.43. The number of aromatic nitrogens is 2. The molecule has 0 saturated carbocycles. The fourth-order valence-corrected chi connectivity index (χ4v) is 3.41. The van der Waals surface area contributed by atoms with Gasteiger partial charge in [-0.2, -0.15) is 0 Å². The molecule has 1 saturated heterocycles. The van der Waals surface area contributed by atoms with Crippen LogP contribution in [0.5, 0.6) is 0 Å². The van der Waals surface area contributed by atoms with Crippen LogP contribution in [0.25, 0.3) is 10.8 Å². The number of carbonyl (C=O) groups is 1. The Hall–Kier alpha value is -2.82. The monoisotopic (exact) mass is 320 g/mol. The number of piperidine rings is 1. The number of benzene rings is 2. The van der Waals surface area contributed by atoms with Gasteiger partial charge in [-0.05, 0) is 24.3 Å². The number of aromatic amines is 1. The largest absolute Gasteiger partial charge is 0.348 e. The second kappa shape index (κ2) is 6.35. The number of likely N-dealkylation sites (tertiary alicyclic amines) is 1. The number of carbonyl (C=O) groups excluding carboxylic acids is 1. The van der Waals surface area contributed by atoms with Crippen LogP contribution >= 0.6 is 0 Å². The molecule has 3 aromatic rings. The SMILES string of the molecule is O=C(Nc1cccc2ccccc12)N1CCC(c2cnc[nH]2)CC1. The molecule has 0 aliphatic carbocycles. The van der Waals surface area contributed by atoms with Crippen LogP contribution in [0, 0.1) is 0 Å². The Morgan fingerprint density at radius 2 is 1.92 bits per heavy atom. The molecule has 1 aliphatic rings. The molecule has 2 heterocycles. The van der Waals surface area contributed by atoms with Gasteiger partial charge in [-0.1, -0.05) is 36.4 Å². The average Bonchev–Trinajstić information content (AvgIpc) is 3.17. The van der Waals surface area contributed by atoms with Crippen molar-refractivity contribution >= 4 is 22.5 Å². The van der Waals surface area contributed by atoms with E-state index in [-0.39, 0.29) is 6.03 Å². The van der Waals surface area contributed by atoms with Crippen LogP contribution in [0.1, 0.15) is 24.5 Å². The van der Waals surface area contributed by atoms with Crippen LogP contribution in [-0.4, -0.2) is 34.0 Å². The maximum atomic E-state index is 12.6. The minimum atomic E-state index is -0.0191. The van der Waals surface area contributed by atoms with Crippen LogP contribution < -0.4 is 5.32 Å². The van der Waals surface area contributed by atoms with E-state index in [1.54, 1.807) is 6.33 Å². The fourth-order valence-electron chi connectivity index (χ4n) is 3.41. The Bertz CT molecular complexity index is 830. The number of urea groups is 1. The summed E-state index contributed by atoms with van der Waals surface area (Å²) in [7, 11) is 0. The van der Waals surface area contributed by atoms with Crippen molar-refractivity contribution in [2.24, 2.45) is 0 Å². The highest BCUT2D eigenvalue weighted by Crippen LogP contribution is 2.27. The smallest absolute Gasteiger partial charge is 0.321 e. The van der Waals surface area contributed by atoms with Crippen LogP contribution in [0.4, 0.5) is 10.5 Å². The maximum Gasteiger partial charge on any atom is 0.321 e. The van der Waals surface area contributed by atoms with E-state index in [9.17, 15) is 4.79 Å². The predicted octanol–water partition coefficient (Wildman–Crippen LogP) is 3.97. The first kappa shape index (κ1) is 14.8. The van der Waals surface area contributed by atoms with Crippen LogP contribution in [0.2, 0.25) is 0 Å². The zero-order chi connectivity index (χ0) is 16.4. The van der Waals surface area contributed by atoms with Crippen LogP contribution in [0.3, 0.4) is 0 Å². The lowest BCUT2D eigenvalue weighted by Crippen LogP contribution is -2.40. The number of hydrogen-bond acceptors (Lipinski definition) is 2. The minimum Gasteiger partial charge on any atom is -0.348 e. The van der Waals surface area contributed by atoms with E-state index in [2.05, 4.69) is 27.4 Å². The van der Waals surface area contributed by atoms with E-state index in [0.29, 0.717) is 5.92 Å². The number of H-pyrrole nitrogens is 1. The van der Waals surface area contributed by atoms with Gasteiger partial charge in [0.1, 0.15) is 0 Å². The number of amides is 2. The van der Waals surface area contributed by atoms with Crippen LogP contribution in [0.15, 0.2) is 55.0 Å². The second-order valence-electron chi connectivity index (χ2n) is 6.23. The molecular formula is C19H20N4O. The molecule has 1 aliphatic heterocycles. The molecule has 5 heteroatoms. The fraction of sp³-hybridized carbons (Fsp3) is 0.263. The molecule has 24 heavy (non-hydrogen) atoms. The number of rotatable bonds is 2. The Morgan fingerprint density at radius 1 is 1.12 bits per heavy atom. The Kier molecular flexibility index (Phi) is 3.91. The molecule has 0 radical (unpaired) electrons. The van der Waals surface area contributed by atoms with Crippen molar-refractivity contribution < 1.29 is 4.79 Å². The second-order valence-corrected chi connectivity index (χ2v) is 6.23. The third-order valence-corrected chi connectivity index (χ3v) is 4.77. The molecule has 0 spiro atoms. The molecule has 2 amide bonds. The highest BCUT2D eigenvalue weighted by molar-refractivity contribution is 6.01. The van der Waals surface area contributed by atoms with Crippen LogP contribution in [-0.2, 0) is 0 Å². The first-order chi connectivity index (χ1) is 11.8. The van der Waals surface area contributed by atoms with E-state index in [0.717, 1.165) is 42.4 Å². The summed E-state index contributed by atoms with van der Waals surface area (Å²) >= 11 is 0. The van der Waals surface area contributed by atoms with Gasteiger partial charge in [-0.15, -0.1) is 0 Å². The number of imidazole rings is 1. The van der Waals surface area contributed by atoms with Crippen molar-refractivity contribution in [2.75, 3.05) is 18.4 Å².